The van der Waals surface area contributed by atoms with E-state index in [4.69, 9.17) is 16.3 Å². The van der Waals surface area contributed by atoms with Crippen molar-refractivity contribution in [1.82, 2.24) is 5.32 Å². The molecule has 1 rings (SSSR count). The molecule has 0 atom stereocenters. The molecule has 88 valence electrons. The maximum Gasteiger partial charge on any atom is 0.219 e. The van der Waals surface area contributed by atoms with E-state index >= 15 is 0 Å². The summed E-state index contributed by atoms with van der Waals surface area (Å²) < 4.78 is 5.32. The van der Waals surface area contributed by atoms with Crippen LogP contribution in [0.5, 0.6) is 5.75 Å². The van der Waals surface area contributed by atoms with Gasteiger partial charge in [-0.25, -0.2) is 0 Å². The van der Waals surface area contributed by atoms with Crippen molar-refractivity contribution < 1.29 is 9.53 Å². The Labute approximate surface area is 101 Å². The average molecular weight is 242 g/mol. The third kappa shape index (κ3) is 3.74. The number of hydrogen-bond donors (Lipinski definition) is 1. The molecule has 0 spiro atoms. The first-order chi connectivity index (χ1) is 7.67. The van der Waals surface area contributed by atoms with Crippen LogP contribution in [-0.2, 0) is 11.3 Å². The number of nitrogens with one attached hydrogen (secondary N) is 1. The van der Waals surface area contributed by atoms with Crippen LogP contribution in [0.4, 0.5) is 0 Å². The highest BCUT2D eigenvalue weighted by Crippen LogP contribution is 2.25. The highest BCUT2D eigenvalue weighted by molar-refractivity contribution is 6.32. The second kappa shape index (κ2) is 6.38. The molecule has 0 unspecified atom stereocenters. The van der Waals surface area contributed by atoms with Gasteiger partial charge in [-0.15, -0.1) is 0 Å². The Kier molecular flexibility index (Phi) is 5.12. The van der Waals surface area contributed by atoms with E-state index in [1.165, 1.54) is 0 Å². The number of carbonyl (C=O) groups is 1. The molecule has 16 heavy (non-hydrogen) atoms. The number of amides is 1. The maximum atomic E-state index is 11.1. The molecule has 1 aromatic carbocycles. The summed E-state index contributed by atoms with van der Waals surface area (Å²) >= 11 is 6.02. The zero-order chi connectivity index (χ0) is 12.0. The molecule has 0 heterocycles. The predicted octanol–water partition coefficient (Wildman–Crippen LogP) is 2.76. The Morgan fingerprint density at radius 2 is 2.19 bits per heavy atom. The van der Waals surface area contributed by atoms with Gasteiger partial charge in [0.15, 0.2) is 0 Å². The number of carbonyl (C=O) groups excluding carboxylic acids is 1. The quantitative estimate of drug-likeness (QED) is 0.861. The first kappa shape index (κ1) is 12.8. The number of ether oxygens (including phenoxy) is 1. The predicted molar refractivity (Wildman–Crippen MR) is 64.8 cm³/mol. The number of benzene rings is 1. The first-order valence-electron chi connectivity index (χ1n) is 5.35. The molecular formula is C12H16ClNO2. The SMILES string of the molecule is CCOc1ccc(CNC(=O)CC)cc1Cl. The smallest absolute Gasteiger partial charge is 0.219 e. The highest BCUT2D eigenvalue weighted by Gasteiger charge is 2.03. The van der Waals surface area contributed by atoms with Gasteiger partial charge in [-0.3, -0.25) is 4.79 Å². The monoisotopic (exact) mass is 241 g/mol. The molecule has 0 aliphatic heterocycles. The van der Waals surface area contributed by atoms with Crippen molar-refractivity contribution in [3.8, 4) is 5.75 Å². The third-order valence-corrected chi connectivity index (χ3v) is 2.40. The second-order valence-electron chi connectivity index (χ2n) is 3.33. The Hall–Kier alpha value is -1.22. The van der Waals surface area contributed by atoms with Crippen molar-refractivity contribution in [3.05, 3.63) is 28.8 Å². The van der Waals surface area contributed by atoms with Crippen LogP contribution < -0.4 is 10.1 Å². The van der Waals surface area contributed by atoms with Gasteiger partial charge >= 0.3 is 0 Å². The number of hydrogen-bond acceptors (Lipinski definition) is 2. The van der Waals surface area contributed by atoms with Crippen LogP contribution in [-0.4, -0.2) is 12.5 Å². The van der Waals surface area contributed by atoms with Gasteiger partial charge in [0.1, 0.15) is 5.75 Å². The first-order valence-corrected chi connectivity index (χ1v) is 5.73. The van der Waals surface area contributed by atoms with Gasteiger partial charge in [0.25, 0.3) is 0 Å². The molecule has 3 nitrogen and oxygen atoms in total. The molecule has 0 radical (unpaired) electrons. The van der Waals surface area contributed by atoms with E-state index in [0.717, 1.165) is 5.56 Å². The highest BCUT2D eigenvalue weighted by atomic mass is 35.5. The Morgan fingerprint density at radius 1 is 1.44 bits per heavy atom. The molecule has 1 N–H and O–H groups in total. The van der Waals surface area contributed by atoms with Gasteiger partial charge in [0, 0.05) is 13.0 Å². The molecular weight excluding hydrogens is 226 g/mol. The van der Waals surface area contributed by atoms with Gasteiger partial charge in [0.05, 0.1) is 11.6 Å². The number of halogens is 1. The second-order valence-corrected chi connectivity index (χ2v) is 3.74. The van der Waals surface area contributed by atoms with Crippen LogP contribution in [0.1, 0.15) is 25.8 Å². The lowest BCUT2D eigenvalue weighted by Gasteiger charge is -2.08. The minimum atomic E-state index is 0.0324. The topological polar surface area (TPSA) is 38.3 Å². The fourth-order valence-corrected chi connectivity index (χ4v) is 1.51. The minimum absolute atomic E-state index is 0.0324. The molecule has 4 heteroatoms. The normalized spacial score (nSPS) is 9.94. The standard InChI is InChI=1S/C12H16ClNO2/c1-3-12(15)14-8-9-5-6-11(16-4-2)10(13)7-9/h5-7H,3-4,8H2,1-2H3,(H,14,15). The number of rotatable bonds is 5. The van der Waals surface area contributed by atoms with Crippen molar-refractivity contribution >= 4 is 17.5 Å². The Bertz CT molecular complexity index is 366. The van der Waals surface area contributed by atoms with Gasteiger partial charge in [-0.2, -0.15) is 0 Å². The molecule has 0 aliphatic rings. The van der Waals surface area contributed by atoms with E-state index in [1.54, 1.807) is 0 Å². The summed E-state index contributed by atoms with van der Waals surface area (Å²) in [6.07, 6.45) is 0.491. The summed E-state index contributed by atoms with van der Waals surface area (Å²) in [6, 6.07) is 5.52. The molecule has 0 bridgehead atoms. The van der Waals surface area contributed by atoms with Crippen molar-refractivity contribution in [2.45, 2.75) is 26.8 Å². The van der Waals surface area contributed by atoms with Crippen LogP contribution in [0.25, 0.3) is 0 Å². The molecule has 0 aliphatic carbocycles. The zero-order valence-electron chi connectivity index (χ0n) is 9.55. The average Bonchev–Trinajstić information content (AvgIpc) is 2.29. The molecule has 0 aromatic heterocycles. The lowest BCUT2D eigenvalue weighted by molar-refractivity contribution is -0.120. The third-order valence-electron chi connectivity index (χ3n) is 2.11. The van der Waals surface area contributed by atoms with Gasteiger partial charge in [-0.05, 0) is 24.6 Å². The Balaban J connectivity index is 2.62. The van der Waals surface area contributed by atoms with Gasteiger partial charge in [-0.1, -0.05) is 24.6 Å². The molecule has 0 saturated heterocycles. The Morgan fingerprint density at radius 3 is 2.75 bits per heavy atom. The summed E-state index contributed by atoms with van der Waals surface area (Å²) in [5.41, 5.74) is 0.968. The van der Waals surface area contributed by atoms with Crippen LogP contribution in [0.2, 0.25) is 5.02 Å². The van der Waals surface area contributed by atoms with Gasteiger partial charge < -0.3 is 10.1 Å². The van der Waals surface area contributed by atoms with Crippen molar-refractivity contribution in [2.24, 2.45) is 0 Å². The van der Waals surface area contributed by atoms with Crippen LogP contribution in [0, 0.1) is 0 Å². The summed E-state index contributed by atoms with van der Waals surface area (Å²) in [7, 11) is 0. The van der Waals surface area contributed by atoms with E-state index in [9.17, 15) is 4.79 Å². The summed E-state index contributed by atoms with van der Waals surface area (Å²) in [5, 5.41) is 3.36. The van der Waals surface area contributed by atoms with Crippen LogP contribution in [0.3, 0.4) is 0 Å². The molecule has 0 fully saturated rings. The summed E-state index contributed by atoms with van der Waals surface area (Å²) in [4.78, 5) is 11.1. The lowest BCUT2D eigenvalue weighted by Crippen LogP contribution is -2.21. The van der Waals surface area contributed by atoms with E-state index in [2.05, 4.69) is 5.32 Å². The van der Waals surface area contributed by atoms with Crippen molar-refractivity contribution in [2.75, 3.05) is 6.61 Å². The van der Waals surface area contributed by atoms with E-state index in [-0.39, 0.29) is 5.91 Å². The van der Waals surface area contributed by atoms with E-state index in [0.29, 0.717) is 30.3 Å². The maximum absolute atomic E-state index is 11.1. The molecule has 0 saturated carbocycles. The molecule has 1 aromatic rings. The minimum Gasteiger partial charge on any atom is -0.492 e. The summed E-state index contributed by atoms with van der Waals surface area (Å²) in [5.74, 6) is 0.708. The van der Waals surface area contributed by atoms with Crippen molar-refractivity contribution in [3.63, 3.8) is 0 Å². The lowest BCUT2D eigenvalue weighted by atomic mass is 10.2. The molecule has 1 amide bonds. The fraction of sp³-hybridized carbons (Fsp3) is 0.417. The largest absolute Gasteiger partial charge is 0.492 e. The summed E-state index contributed by atoms with van der Waals surface area (Å²) in [6.45, 7) is 4.82. The van der Waals surface area contributed by atoms with Gasteiger partial charge in [0.2, 0.25) is 5.91 Å². The van der Waals surface area contributed by atoms with E-state index < -0.39 is 0 Å². The van der Waals surface area contributed by atoms with Crippen LogP contribution in [0.15, 0.2) is 18.2 Å². The fourth-order valence-electron chi connectivity index (χ4n) is 1.25. The van der Waals surface area contributed by atoms with Crippen molar-refractivity contribution in [1.29, 1.82) is 0 Å². The van der Waals surface area contributed by atoms with E-state index in [1.807, 2.05) is 32.0 Å². The zero-order valence-corrected chi connectivity index (χ0v) is 10.3. The van der Waals surface area contributed by atoms with Crippen LogP contribution >= 0.6 is 11.6 Å².